The predicted molar refractivity (Wildman–Crippen MR) is 82.7 cm³/mol. The van der Waals surface area contributed by atoms with Gasteiger partial charge in [-0.15, -0.1) is 0 Å². The van der Waals surface area contributed by atoms with Crippen LogP contribution in [0.3, 0.4) is 0 Å². The lowest BCUT2D eigenvalue weighted by molar-refractivity contribution is 0.591. The van der Waals surface area contributed by atoms with E-state index in [0.29, 0.717) is 0 Å². The largest absolute Gasteiger partial charge is 0.252 e. The molecule has 0 fully saturated rings. The number of para-hydroxylation sites is 1. The molecular weight excluding hydrogens is 230 g/mol. The molecule has 0 spiro atoms. The Morgan fingerprint density at radius 3 is 2.32 bits per heavy atom. The molecule has 0 saturated heterocycles. The van der Waals surface area contributed by atoms with Crippen LogP contribution in [0.2, 0.25) is 0 Å². The molecule has 2 aromatic carbocycles. The van der Waals surface area contributed by atoms with Gasteiger partial charge in [-0.2, -0.15) is 0 Å². The molecule has 0 saturated carbocycles. The van der Waals surface area contributed by atoms with E-state index in [1.54, 1.807) is 0 Å². The van der Waals surface area contributed by atoms with E-state index < -0.39 is 0 Å². The summed E-state index contributed by atoms with van der Waals surface area (Å²) >= 11 is 0. The number of rotatable bonds is 0. The molecule has 3 rings (SSSR count). The first-order valence-electron chi connectivity index (χ1n) is 6.76. The highest BCUT2D eigenvalue weighted by atomic mass is 14.7. The minimum atomic E-state index is 0.173. The van der Waals surface area contributed by atoms with Crippen LogP contribution in [0.15, 0.2) is 42.5 Å². The molecule has 0 N–H and O–H groups in total. The standard InChI is InChI=1S/C18H19N/c1-12-14-10-9-13(18(2,3)4)11-16(14)15-7-5-6-8-17(15)19-12/h5-11H,1-4H3. The number of pyridine rings is 1. The zero-order chi connectivity index (χ0) is 13.6. The molecule has 1 heteroatoms. The van der Waals surface area contributed by atoms with Gasteiger partial charge in [0, 0.05) is 16.5 Å². The topological polar surface area (TPSA) is 12.9 Å². The molecule has 0 bridgehead atoms. The first-order valence-corrected chi connectivity index (χ1v) is 6.76. The van der Waals surface area contributed by atoms with Crippen molar-refractivity contribution < 1.29 is 0 Å². The van der Waals surface area contributed by atoms with Crippen LogP contribution in [-0.4, -0.2) is 4.98 Å². The molecule has 96 valence electrons. The van der Waals surface area contributed by atoms with Gasteiger partial charge < -0.3 is 0 Å². The fourth-order valence-electron chi connectivity index (χ4n) is 2.59. The van der Waals surface area contributed by atoms with Crippen molar-refractivity contribution in [3.05, 3.63) is 53.7 Å². The zero-order valence-corrected chi connectivity index (χ0v) is 12.0. The summed E-state index contributed by atoms with van der Waals surface area (Å²) in [6, 6.07) is 15.2. The van der Waals surface area contributed by atoms with Gasteiger partial charge in [-0.05, 0) is 35.4 Å². The van der Waals surface area contributed by atoms with Gasteiger partial charge in [0.05, 0.1) is 5.52 Å². The van der Waals surface area contributed by atoms with E-state index in [9.17, 15) is 0 Å². The van der Waals surface area contributed by atoms with E-state index in [0.717, 1.165) is 11.2 Å². The first-order chi connectivity index (χ1) is 8.97. The van der Waals surface area contributed by atoms with Crippen LogP contribution in [-0.2, 0) is 5.41 Å². The van der Waals surface area contributed by atoms with E-state index in [1.165, 1.54) is 21.7 Å². The average molecular weight is 249 g/mol. The lowest BCUT2D eigenvalue weighted by Gasteiger charge is -2.20. The van der Waals surface area contributed by atoms with Crippen LogP contribution in [0, 0.1) is 6.92 Å². The van der Waals surface area contributed by atoms with E-state index in [2.05, 4.69) is 64.1 Å². The fraction of sp³-hybridized carbons (Fsp3) is 0.278. The van der Waals surface area contributed by atoms with Crippen molar-refractivity contribution in [1.82, 2.24) is 4.98 Å². The van der Waals surface area contributed by atoms with Gasteiger partial charge in [0.2, 0.25) is 0 Å². The zero-order valence-electron chi connectivity index (χ0n) is 12.0. The third-order valence-electron chi connectivity index (χ3n) is 3.76. The highest BCUT2D eigenvalue weighted by Crippen LogP contribution is 2.31. The van der Waals surface area contributed by atoms with Crippen LogP contribution in [0.1, 0.15) is 32.0 Å². The molecule has 0 aliphatic carbocycles. The minimum Gasteiger partial charge on any atom is -0.252 e. The Morgan fingerprint density at radius 1 is 0.842 bits per heavy atom. The predicted octanol–water partition coefficient (Wildman–Crippen LogP) is 4.99. The number of aryl methyl sites for hydroxylation is 1. The molecule has 19 heavy (non-hydrogen) atoms. The SMILES string of the molecule is Cc1nc2ccccc2c2cc(C(C)(C)C)ccc12. The monoisotopic (exact) mass is 249 g/mol. The number of aromatic nitrogens is 1. The summed E-state index contributed by atoms with van der Waals surface area (Å²) in [5.74, 6) is 0. The summed E-state index contributed by atoms with van der Waals surface area (Å²) in [5, 5.41) is 3.82. The van der Waals surface area contributed by atoms with Gasteiger partial charge >= 0.3 is 0 Å². The molecular formula is C18H19N. The highest BCUT2D eigenvalue weighted by Gasteiger charge is 2.15. The molecule has 1 heterocycles. The Hall–Kier alpha value is -1.89. The molecule has 1 aromatic heterocycles. The molecule has 0 aliphatic heterocycles. The molecule has 0 aliphatic rings. The van der Waals surface area contributed by atoms with Crippen molar-refractivity contribution in [2.75, 3.05) is 0 Å². The Bertz CT molecular complexity index is 764. The van der Waals surface area contributed by atoms with Crippen LogP contribution in [0.4, 0.5) is 0 Å². The maximum Gasteiger partial charge on any atom is 0.0711 e. The van der Waals surface area contributed by atoms with Crippen LogP contribution >= 0.6 is 0 Å². The van der Waals surface area contributed by atoms with Crippen LogP contribution < -0.4 is 0 Å². The molecule has 0 amide bonds. The van der Waals surface area contributed by atoms with E-state index in [-0.39, 0.29) is 5.41 Å². The lowest BCUT2D eigenvalue weighted by Crippen LogP contribution is -2.10. The number of fused-ring (bicyclic) bond motifs is 3. The second-order valence-electron chi connectivity index (χ2n) is 6.22. The Balaban J connectivity index is 2.46. The Kier molecular flexibility index (Phi) is 2.60. The third kappa shape index (κ3) is 1.99. The van der Waals surface area contributed by atoms with Gasteiger partial charge in [-0.3, -0.25) is 4.98 Å². The van der Waals surface area contributed by atoms with Gasteiger partial charge in [-0.1, -0.05) is 51.1 Å². The van der Waals surface area contributed by atoms with Gasteiger partial charge in [0.25, 0.3) is 0 Å². The molecule has 0 atom stereocenters. The number of benzene rings is 2. The maximum absolute atomic E-state index is 4.70. The average Bonchev–Trinajstić information content (AvgIpc) is 2.37. The lowest BCUT2D eigenvalue weighted by atomic mass is 9.85. The summed E-state index contributed by atoms with van der Waals surface area (Å²) in [4.78, 5) is 4.70. The van der Waals surface area contributed by atoms with Crippen molar-refractivity contribution in [1.29, 1.82) is 0 Å². The summed E-state index contributed by atoms with van der Waals surface area (Å²) in [7, 11) is 0. The number of hydrogen-bond donors (Lipinski definition) is 0. The minimum absolute atomic E-state index is 0.173. The van der Waals surface area contributed by atoms with Gasteiger partial charge in [0.1, 0.15) is 0 Å². The van der Waals surface area contributed by atoms with E-state index in [4.69, 9.17) is 4.98 Å². The summed E-state index contributed by atoms with van der Waals surface area (Å²) < 4.78 is 0. The Morgan fingerprint density at radius 2 is 1.58 bits per heavy atom. The van der Waals surface area contributed by atoms with Crippen molar-refractivity contribution >= 4 is 21.7 Å². The van der Waals surface area contributed by atoms with Crippen molar-refractivity contribution in [2.45, 2.75) is 33.1 Å². The molecule has 1 nitrogen and oxygen atoms in total. The Labute approximate surface area is 114 Å². The van der Waals surface area contributed by atoms with Crippen molar-refractivity contribution in [3.8, 4) is 0 Å². The summed E-state index contributed by atoms with van der Waals surface area (Å²) in [6.07, 6.45) is 0. The van der Waals surface area contributed by atoms with E-state index >= 15 is 0 Å². The second kappa shape index (κ2) is 4.06. The first kappa shape index (κ1) is 12.2. The summed E-state index contributed by atoms with van der Waals surface area (Å²) in [6.45, 7) is 8.85. The molecule has 3 aromatic rings. The smallest absolute Gasteiger partial charge is 0.0711 e. The quantitative estimate of drug-likeness (QED) is 0.511. The second-order valence-corrected chi connectivity index (χ2v) is 6.22. The van der Waals surface area contributed by atoms with Crippen molar-refractivity contribution in [3.63, 3.8) is 0 Å². The maximum atomic E-state index is 4.70. The number of nitrogens with zero attached hydrogens (tertiary/aromatic N) is 1. The van der Waals surface area contributed by atoms with Gasteiger partial charge in [-0.25, -0.2) is 0 Å². The number of hydrogen-bond acceptors (Lipinski definition) is 1. The van der Waals surface area contributed by atoms with Crippen LogP contribution in [0.25, 0.3) is 21.7 Å². The van der Waals surface area contributed by atoms with Crippen LogP contribution in [0.5, 0.6) is 0 Å². The normalized spacial score (nSPS) is 12.2. The van der Waals surface area contributed by atoms with Gasteiger partial charge in [0.15, 0.2) is 0 Å². The van der Waals surface area contributed by atoms with Crippen molar-refractivity contribution in [2.24, 2.45) is 0 Å². The van der Waals surface area contributed by atoms with E-state index in [1.807, 2.05) is 6.07 Å². The third-order valence-corrected chi connectivity index (χ3v) is 3.76. The fourth-order valence-corrected chi connectivity index (χ4v) is 2.59. The summed E-state index contributed by atoms with van der Waals surface area (Å²) in [5.41, 5.74) is 3.73. The highest BCUT2D eigenvalue weighted by molar-refractivity contribution is 6.06. The molecule has 0 unspecified atom stereocenters. The molecule has 0 radical (unpaired) electrons.